The summed E-state index contributed by atoms with van der Waals surface area (Å²) in [5.41, 5.74) is -1.75. The number of amides is 2. The van der Waals surface area contributed by atoms with Crippen LogP contribution in [0.2, 0.25) is 5.02 Å². The van der Waals surface area contributed by atoms with Crippen molar-refractivity contribution in [2.24, 2.45) is 0 Å². The number of nitrogens with one attached hydrogen (secondary N) is 1. The summed E-state index contributed by atoms with van der Waals surface area (Å²) in [6.45, 7) is 1.03. The number of benzene rings is 1. The zero-order valence-electron chi connectivity index (χ0n) is 12.3. The van der Waals surface area contributed by atoms with E-state index in [0.717, 1.165) is 11.8 Å². The smallest absolute Gasteiger partial charge is 0.329 e. The maximum Gasteiger partial charge on any atom is 0.363 e. The third-order valence-corrected chi connectivity index (χ3v) is 3.74. The average Bonchev–Trinajstić information content (AvgIpc) is 2.82. The minimum Gasteiger partial charge on any atom is -0.329 e. The van der Waals surface area contributed by atoms with Crippen molar-refractivity contribution in [2.45, 2.75) is 19.8 Å². The monoisotopic (exact) mass is 351 g/mol. The van der Waals surface area contributed by atoms with Gasteiger partial charge in [-0.05, 0) is 12.1 Å². The Labute approximate surface area is 138 Å². The summed E-state index contributed by atoms with van der Waals surface area (Å²) < 4.78 is 0.260. The van der Waals surface area contributed by atoms with E-state index >= 15 is 0 Å². The average molecular weight is 352 g/mol. The van der Waals surface area contributed by atoms with Crippen molar-refractivity contribution in [1.82, 2.24) is 9.71 Å². The van der Waals surface area contributed by atoms with Gasteiger partial charge in [0.05, 0.1) is 21.6 Å². The number of carbonyl (C=O) groups is 3. The number of hydrogen-bond donors (Lipinski definition) is 1. The van der Waals surface area contributed by atoms with Gasteiger partial charge in [-0.2, -0.15) is 0 Å². The molecule has 2 amide bonds. The molecule has 1 aromatic carbocycles. The Bertz CT molecular complexity index is 1010. The van der Waals surface area contributed by atoms with Crippen molar-refractivity contribution in [3.05, 3.63) is 38.0 Å². The molecule has 9 nitrogen and oxygen atoms in total. The second kappa shape index (κ2) is 5.60. The quantitative estimate of drug-likeness (QED) is 0.759. The zero-order valence-corrected chi connectivity index (χ0v) is 13.0. The molecular formula is C14H10ClN3O6. The number of halogens is 1. The zero-order chi connectivity index (χ0) is 17.6. The van der Waals surface area contributed by atoms with Crippen LogP contribution >= 0.6 is 11.6 Å². The second-order valence-electron chi connectivity index (χ2n) is 5.08. The van der Waals surface area contributed by atoms with Crippen LogP contribution in [0.25, 0.3) is 10.9 Å². The Kier molecular flexibility index (Phi) is 3.72. The van der Waals surface area contributed by atoms with Gasteiger partial charge >= 0.3 is 11.7 Å². The van der Waals surface area contributed by atoms with Crippen LogP contribution in [0.5, 0.6) is 0 Å². The topological polar surface area (TPSA) is 119 Å². The molecule has 0 radical (unpaired) electrons. The molecule has 1 aliphatic heterocycles. The second-order valence-corrected chi connectivity index (χ2v) is 5.49. The number of aromatic amines is 1. The Morgan fingerprint density at radius 3 is 2.38 bits per heavy atom. The number of fused-ring (bicyclic) bond motifs is 1. The van der Waals surface area contributed by atoms with E-state index in [9.17, 15) is 24.0 Å². The molecule has 0 aliphatic carbocycles. The lowest BCUT2D eigenvalue weighted by Crippen LogP contribution is -2.41. The molecular weight excluding hydrogens is 342 g/mol. The summed E-state index contributed by atoms with van der Waals surface area (Å²) in [5.74, 6) is -1.74. The van der Waals surface area contributed by atoms with Gasteiger partial charge in [0.2, 0.25) is 11.8 Å². The number of anilines is 1. The summed E-state index contributed by atoms with van der Waals surface area (Å²) >= 11 is 6.08. The molecule has 1 aromatic heterocycles. The predicted molar refractivity (Wildman–Crippen MR) is 82.8 cm³/mol. The maximum absolute atomic E-state index is 12.4. The highest BCUT2D eigenvalue weighted by atomic mass is 35.5. The van der Waals surface area contributed by atoms with Gasteiger partial charge in [0, 0.05) is 19.8 Å². The molecule has 1 N–H and O–H groups in total. The van der Waals surface area contributed by atoms with Crippen LogP contribution in [0.15, 0.2) is 21.7 Å². The van der Waals surface area contributed by atoms with Crippen molar-refractivity contribution in [3.63, 3.8) is 0 Å². The first-order valence-electron chi connectivity index (χ1n) is 6.83. The van der Waals surface area contributed by atoms with Crippen LogP contribution in [-0.2, 0) is 14.4 Å². The molecule has 1 saturated heterocycles. The van der Waals surface area contributed by atoms with Crippen LogP contribution in [-0.4, -0.2) is 27.5 Å². The van der Waals surface area contributed by atoms with Gasteiger partial charge in [-0.15, -0.1) is 0 Å². The fraction of sp³-hybridized carbons (Fsp3) is 0.214. The molecule has 10 heteroatoms. The minimum atomic E-state index is -0.958. The summed E-state index contributed by atoms with van der Waals surface area (Å²) in [6.07, 6.45) is 0.104. The van der Waals surface area contributed by atoms with Crippen LogP contribution in [0.3, 0.4) is 0 Å². The number of aromatic nitrogens is 2. The number of imide groups is 1. The third kappa shape index (κ3) is 2.48. The highest BCUT2D eigenvalue weighted by Gasteiger charge is 2.32. The Morgan fingerprint density at radius 1 is 1.17 bits per heavy atom. The lowest BCUT2D eigenvalue weighted by molar-refractivity contribution is -0.142. The molecule has 0 spiro atoms. The Balaban J connectivity index is 2.28. The highest BCUT2D eigenvalue weighted by molar-refractivity contribution is 6.36. The van der Waals surface area contributed by atoms with E-state index in [1.54, 1.807) is 0 Å². The Morgan fingerprint density at radius 2 is 1.79 bits per heavy atom. The lowest BCUT2D eigenvalue weighted by atomic mass is 10.2. The fourth-order valence-electron chi connectivity index (χ4n) is 2.44. The minimum absolute atomic E-state index is 0.0198. The molecule has 2 heterocycles. The van der Waals surface area contributed by atoms with Crippen molar-refractivity contribution >= 4 is 46.0 Å². The number of hydrogen-bond acceptors (Lipinski definition) is 6. The van der Waals surface area contributed by atoms with Crippen LogP contribution in [0.4, 0.5) is 5.69 Å². The van der Waals surface area contributed by atoms with E-state index < -0.39 is 29.0 Å². The summed E-state index contributed by atoms with van der Waals surface area (Å²) in [4.78, 5) is 66.7. The van der Waals surface area contributed by atoms with Gasteiger partial charge in [-0.1, -0.05) is 16.3 Å². The molecule has 0 unspecified atom stereocenters. The molecule has 1 fully saturated rings. The number of carbonyl (C=O) groups excluding carboxylic acids is 3. The van der Waals surface area contributed by atoms with Gasteiger partial charge in [0.25, 0.3) is 5.56 Å². The molecule has 2 aromatic rings. The Hall–Kier alpha value is -2.94. The van der Waals surface area contributed by atoms with Crippen molar-refractivity contribution in [3.8, 4) is 0 Å². The van der Waals surface area contributed by atoms with Gasteiger partial charge in [-0.25, -0.2) is 14.5 Å². The molecule has 0 bridgehead atoms. The summed E-state index contributed by atoms with van der Waals surface area (Å²) in [5, 5.41) is -0.0471. The van der Waals surface area contributed by atoms with E-state index in [2.05, 4.69) is 9.82 Å². The van der Waals surface area contributed by atoms with Gasteiger partial charge in [-0.3, -0.25) is 14.4 Å². The molecule has 3 rings (SSSR count). The van der Waals surface area contributed by atoms with E-state index in [1.165, 1.54) is 12.1 Å². The van der Waals surface area contributed by atoms with Gasteiger partial charge in [0.1, 0.15) is 0 Å². The fourth-order valence-corrected chi connectivity index (χ4v) is 2.69. The first kappa shape index (κ1) is 15.9. The molecule has 1 aliphatic rings. The van der Waals surface area contributed by atoms with Crippen molar-refractivity contribution < 1.29 is 19.2 Å². The third-order valence-electron chi connectivity index (χ3n) is 3.44. The van der Waals surface area contributed by atoms with E-state index in [4.69, 9.17) is 11.6 Å². The van der Waals surface area contributed by atoms with Crippen LogP contribution in [0.1, 0.15) is 19.8 Å². The maximum atomic E-state index is 12.4. The lowest BCUT2D eigenvalue weighted by Gasteiger charge is -2.16. The normalized spacial score (nSPS) is 14.5. The molecule has 0 saturated carbocycles. The standard InChI is InChI=1S/C14H10ClN3O6/c1-6(19)24-18-13(22)7-4-10(17-11(20)2-3-12(17)21)8(15)5-9(7)16-14(18)23/h4-5H,2-3H2,1H3,(H,16,23). The van der Waals surface area contributed by atoms with E-state index in [1.807, 2.05) is 0 Å². The van der Waals surface area contributed by atoms with Crippen LogP contribution < -0.4 is 21.0 Å². The summed E-state index contributed by atoms with van der Waals surface area (Å²) in [7, 11) is 0. The first-order valence-corrected chi connectivity index (χ1v) is 7.20. The van der Waals surface area contributed by atoms with E-state index in [0.29, 0.717) is 0 Å². The molecule has 24 heavy (non-hydrogen) atoms. The first-order chi connectivity index (χ1) is 11.3. The number of nitrogens with zero attached hydrogens (tertiary/aromatic N) is 2. The van der Waals surface area contributed by atoms with E-state index in [-0.39, 0.29) is 39.2 Å². The molecule has 0 atom stereocenters. The van der Waals surface area contributed by atoms with Gasteiger partial charge in [0.15, 0.2) is 0 Å². The largest absolute Gasteiger partial charge is 0.363 e. The van der Waals surface area contributed by atoms with Crippen molar-refractivity contribution in [2.75, 3.05) is 4.90 Å². The SMILES string of the molecule is CC(=O)On1c(=O)[nH]c2cc(Cl)c(N3C(=O)CCC3=O)cc2c1=O. The number of H-pyrrole nitrogens is 1. The summed E-state index contributed by atoms with van der Waals surface area (Å²) in [6, 6.07) is 2.46. The van der Waals surface area contributed by atoms with Crippen LogP contribution in [0, 0.1) is 0 Å². The predicted octanol–water partition coefficient (Wildman–Crippen LogP) is -0.0283. The number of rotatable bonds is 2. The highest BCUT2D eigenvalue weighted by Crippen LogP contribution is 2.32. The van der Waals surface area contributed by atoms with Gasteiger partial charge < -0.3 is 9.82 Å². The molecule has 124 valence electrons. The van der Waals surface area contributed by atoms with Crippen molar-refractivity contribution in [1.29, 1.82) is 0 Å².